The summed E-state index contributed by atoms with van der Waals surface area (Å²) in [5, 5.41) is 0.754. The fourth-order valence-electron chi connectivity index (χ4n) is 3.55. The van der Waals surface area contributed by atoms with E-state index in [4.69, 9.17) is 0 Å². The Bertz CT molecular complexity index is 1240. The quantitative estimate of drug-likeness (QED) is 0.564. The molecule has 1 fully saturated rings. The third kappa shape index (κ3) is 4.72. The van der Waals surface area contributed by atoms with Gasteiger partial charge in [0.1, 0.15) is 16.5 Å². The number of aryl methyl sites for hydroxylation is 1. The third-order valence-electron chi connectivity index (χ3n) is 5.26. The average Bonchev–Trinajstić information content (AvgIpc) is 3.15. The van der Waals surface area contributed by atoms with Crippen LogP contribution in [0.4, 0.5) is 8.78 Å². The van der Waals surface area contributed by atoms with Crippen molar-refractivity contribution < 1.29 is 22.0 Å². The zero-order valence-corrected chi connectivity index (χ0v) is 18.9. The monoisotopic (exact) mass is 477 g/mol. The standard InChI is InChI=1S/C22H21F2N3O3S2/c1-15-21(31-20(25-15)13-16-5-7-17(23)8-6-16)22(28)26-9-11-27(12-10-26)32(29,30)19-4-2-3-18(24)14-19/h2-8,14H,9-13H2,1H3. The summed E-state index contributed by atoms with van der Waals surface area (Å²) in [5.74, 6) is -1.11. The second kappa shape index (κ2) is 9.05. The molecule has 1 amide bonds. The molecule has 0 bridgehead atoms. The van der Waals surface area contributed by atoms with Gasteiger partial charge in [-0.25, -0.2) is 22.2 Å². The second-order valence-corrected chi connectivity index (χ2v) is 10.5. The van der Waals surface area contributed by atoms with Gasteiger partial charge >= 0.3 is 0 Å². The van der Waals surface area contributed by atoms with Gasteiger partial charge in [-0.1, -0.05) is 18.2 Å². The summed E-state index contributed by atoms with van der Waals surface area (Å²) in [4.78, 5) is 19.5. The van der Waals surface area contributed by atoms with Gasteiger partial charge in [-0.3, -0.25) is 4.79 Å². The van der Waals surface area contributed by atoms with Crippen molar-refractivity contribution in [1.82, 2.24) is 14.2 Å². The molecule has 32 heavy (non-hydrogen) atoms. The fourth-order valence-corrected chi connectivity index (χ4v) is 6.08. The van der Waals surface area contributed by atoms with Crippen LogP contribution >= 0.6 is 11.3 Å². The third-order valence-corrected chi connectivity index (χ3v) is 8.30. The van der Waals surface area contributed by atoms with Crippen molar-refractivity contribution in [2.75, 3.05) is 26.2 Å². The van der Waals surface area contributed by atoms with Gasteiger partial charge < -0.3 is 4.90 Å². The van der Waals surface area contributed by atoms with E-state index < -0.39 is 15.8 Å². The van der Waals surface area contributed by atoms with Gasteiger partial charge in [-0.2, -0.15) is 4.31 Å². The minimum atomic E-state index is -3.82. The molecular weight excluding hydrogens is 456 g/mol. The number of hydrogen-bond donors (Lipinski definition) is 0. The minimum Gasteiger partial charge on any atom is -0.335 e. The van der Waals surface area contributed by atoms with Gasteiger partial charge in [0.05, 0.1) is 15.6 Å². The predicted molar refractivity (Wildman–Crippen MR) is 117 cm³/mol. The number of carbonyl (C=O) groups excluding carboxylic acids is 1. The van der Waals surface area contributed by atoms with E-state index in [-0.39, 0.29) is 42.8 Å². The summed E-state index contributed by atoms with van der Waals surface area (Å²) >= 11 is 1.30. The molecule has 0 atom stereocenters. The Hall–Kier alpha value is -2.69. The normalized spacial score (nSPS) is 15.2. The number of sulfonamides is 1. The van der Waals surface area contributed by atoms with Crippen LogP contribution in [0.25, 0.3) is 0 Å². The Morgan fingerprint density at radius 1 is 1.03 bits per heavy atom. The lowest BCUT2D eigenvalue weighted by atomic mass is 10.1. The summed E-state index contributed by atoms with van der Waals surface area (Å²) in [7, 11) is -3.82. The van der Waals surface area contributed by atoms with E-state index in [9.17, 15) is 22.0 Å². The highest BCUT2D eigenvalue weighted by Gasteiger charge is 2.31. The first-order valence-corrected chi connectivity index (χ1v) is 12.3. The van der Waals surface area contributed by atoms with Crippen molar-refractivity contribution in [2.45, 2.75) is 18.2 Å². The van der Waals surface area contributed by atoms with Crippen molar-refractivity contribution in [2.24, 2.45) is 0 Å². The largest absolute Gasteiger partial charge is 0.335 e. The van der Waals surface area contributed by atoms with E-state index in [1.807, 2.05) is 0 Å². The van der Waals surface area contributed by atoms with E-state index in [1.165, 1.54) is 46.0 Å². The molecule has 168 valence electrons. The second-order valence-electron chi connectivity index (χ2n) is 7.48. The molecule has 10 heteroatoms. The van der Waals surface area contributed by atoms with Crippen LogP contribution in [0.15, 0.2) is 53.4 Å². The highest BCUT2D eigenvalue weighted by molar-refractivity contribution is 7.89. The number of nitrogens with zero attached hydrogens (tertiary/aromatic N) is 3. The number of aromatic nitrogens is 1. The number of benzene rings is 2. The van der Waals surface area contributed by atoms with Crippen LogP contribution in [0.1, 0.15) is 25.9 Å². The van der Waals surface area contributed by atoms with Gasteiger partial charge in [0.25, 0.3) is 5.91 Å². The van der Waals surface area contributed by atoms with Gasteiger partial charge in [-0.05, 0) is 42.8 Å². The molecule has 4 rings (SSSR count). The van der Waals surface area contributed by atoms with Gasteiger partial charge in [0.2, 0.25) is 10.0 Å². The van der Waals surface area contributed by atoms with Gasteiger partial charge in [-0.15, -0.1) is 11.3 Å². The summed E-state index contributed by atoms with van der Waals surface area (Å²) in [5.41, 5.74) is 1.52. The van der Waals surface area contributed by atoms with E-state index in [2.05, 4.69) is 4.98 Å². The maximum absolute atomic E-state index is 13.5. The molecular formula is C22H21F2N3O3S2. The van der Waals surface area contributed by atoms with E-state index in [0.717, 1.165) is 16.6 Å². The van der Waals surface area contributed by atoms with Gasteiger partial charge in [0, 0.05) is 32.6 Å². The maximum atomic E-state index is 13.5. The Morgan fingerprint density at radius 2 is 1.72 bits per heavy atom. The van der Waals surface area contributed by atoms with Crippen LogP contribution in [0.3, 0.4) is 0 Å². The average molecular weight is 478 g/mol. The molecule has 0 spiro atoms. The number of carbonyl (C=O) groups is 1. The molecule has 0 radical (unpaired) electrons. The predicted octanol–water partition coefficient (Wildman–Crippen LogP) is 3.47. The first-order valence-electron chi connectivity index (χ1n) is 10.00. The summed E-state index contributed by atoms with van der Waals surface area (Å²) in [6.45, 7) is 2.49. The van der Waals surface area contributed by atoms with Crippen LogP contribution in [-0.4, -0.2) is 54.7 Å². The Kier molecular flexibility index (Phi) is 6.36. The molecule has 2 aromatic carbocycles. The molecule has 1 aliphatic rings. The molecule has 0 aliphatic carbocycles. The van der Waals surface area contributed by atoms with Crippen molar-refractivity contribution in [3.63, 3.8) is 0 Å². The Balaban J connectivity index is 1.42. The molecule has 0 N–H and O–H groups in total. The van der Waals surface area contributed by atoms with Crippen molar-refractivity contribution in [3.05, 3.63) is 81.3 Å². The molecule has 6 nitrogen and oxygen atoms in total. The number of amides is 1. The number of thiazole rings is 1. The van der Waals surface area contributed by atoms with Crippen LogP contribution in [0.2, 0.25) is 0 Å². The topological polar surface area (TPSA) is 70.6 Å². The number of rotatable bonds is 5. The molecule has 1 aromatic heterocycles. The van der Waals surface area contributed by atoms with Crippen LogP contribution < -0.4 is 0 Å². The number of hydrogen-bond acceptors (Lipinski definition) is 5. The number of piperazine rings is 1. The summed E-state index contributed by atoms with van der Waals surface area (Å²) in [6, 6.07) is 11.1. The first-order chi connectivity index (χ1) is 15.2. The fraction of sp³-hybridized carbons (Fsp3) is 0.273. The highest BCUT2D eigenvalue weighted by atomic mass is 32.2. The summed E-state index contributed by atoms with van der Waals surface area (Å²) in [6.07, 6.45) is 0.499. The number of halogens is 2. The maximum Gasteiger partial charge on any atom is 0.265 e. The molecule has 2 heterocycles. The lowest BCUT2D eigenvalue weighted by molar-refractivity contribution is 0.0702. The minimum absolute atomic E-state index is 0.0963. The van der Waals surface area contributed by atoms with Crippen molar-refractivity contribution >= 4 is 27.3 Å². The summed E-state index contributed by atoms with van der Waals surface area (Å²) < 4.78 is 53.4. The molecule has 0 unspecified atom stereocenters. The molecule has 3 aromatic rings. The highest BCUT2D eigenvalue weighted by Crippen LogP contribution is 2.24. The van der Waals surface area contributed by atoms with Gasteiger partial charge in [0.15, 0.2) is 0 Å². The van der Waals surface area contributed by atoms with E-state index in [0.29, 0.717) is 17.0 Å². The smallest absolute Gasteiger partial charge is 0.265 e. The zero-order valence-electron chi connectivity index (χ0n) is 17.3. The van der Waals surface area contributed by atoms with Crippen molar-refractivity contribution in [1.29, 1.82) is 0 Å². The van der Waals surface area contributed by atoms with Crippen LogP contribution in [0, 0.1) is 18.6 Å². The SMILES string of the molecule is Cc1nc(Cc2ccc(F)cc2)sc1C(=O)N1CCN(S(=O)(=O)c2cccc(F)c2)CC1. The van der Waals surface area contributed by atoms with E-state index >= 15 is 0 Å². The lowest BCUT2D eigenvalue weighted by Crippen LogP contribution is -2.50. The molecule has 1 saturated heterocycles. The molecule has 0 saturated carbocycles. The Labute approximate surface area is 189 Å². The lowest BCUT2D eigenvalue weighted by Gasteiger charge is -2.33. The van der Waals surface area contributed by atoms with Crippen LogP contribution in [0.5, 0.6) is 0 Å². The Morgan fingerprint density at radius 3 is 2.38 bits per heavy atom. The molecule has 1 aliphatic heterocycles. The van der Waals surface area contributed by atoms with Crippen molar-refractivity contribution in [3.8, 4) is 0 Å². The van der Waals surface area contributed by atoms with Crippen LogP contribution in [-0.2, 0) is 16.4 Å². The zero-order chi connectivity index (χ0) is 22.9. The first kappa shape index (κ1) is 22.5. The van der Waals surface area contributed by atoms with E-state index in [1.54, 1.807) is 24.0 Å².